The van der Waals surface area contributed by atoms with Gasteiger partial charge >= 0.3 is 6.03 Å². The molecule has 0 spiro atoms. The summed E-state index contributed by atoms with van der Waals surface area (Å²) in [7, 11) is 0. The minimum absolute atomic E-state index is 0.0146. The van der Waals surface area contributed by atoms with Crippen molar-refractivity contribution in [2.24, 2.45) is 5.92 Å². The molecule has 2 atom stereocenters. The van der Waals surface area contributed by atoms with Crippen LogP contribution in [0.25, 0.3) is 0 Å². The van der Waals surface area contributed by atoms with Gasteiger partial charge in [-0.15, -0.1) is 0 Å². The van der Waals surface area contributed by atoms with Gasteiger partial charge in [0.15, 0.2) is 0 Å². The first-order valence-corrected chi connectivity index (χ1v) is 9.08. The fourth-order valence-electron chi connectivity index (χ4n) is 3.65. The number of furan rings is 1. The van der Waals surface area contributed by atoms with E-state index in [1.807, 2.05) is 49.4 Å². The van der Waals surface area contributed by atoms with E-state index >= 15 is 0 Å². The molecule has 3 heterocycles. The summed E-state index contributed by atoms with van der Waals surface area (Å²) in [6.45, 7) is 11.7. The van der Waals surface area contributed by atoms with E-state index in [9.17, 15) is 4.79 Å². The van der Waals surface area contributed by atoms with Crippen LogP contribution in [0.4, 0.5) is 10.5 Å². The molecule has 6 heteroatoms. The Labute approximate surface area is 149 Å². The number of rotatable bonds is 3. The van der Waals surface area contributed by atoms with Gasteiger partial charge in [-0.2, -0.15) is 5.10 Å². The molecule has 2 aromatic heterocycles. The first-order valence-electron chi connectivity index (χ1n) is 9.08. The van der Waals surface area contributed by atoms with Gasteiger partial charge in [-0.05, 0) is 58.6 Å². The summed E-state index contributed by atoms with van der Waals surface area (Å²) in [5.74, 6) is 2.33. The van der Waals surface area contributed by atoms with E-state index in [2.05, 4.69) is 17.3 Å². The van der Waals surface area contributed by atoms with Gasteiger partial charge in [-0.1, -0.05) is 6.92 Å². The van der Waals surface area contributed by atoms with Crippen molar-refractivity contribution in [1.82, 2.24) is 14.7 Å². The van der Waals surface area contributed by atoms with Crippen LogP contribution in [-0.2, 0) is 6.54 Å². The molecule has 2 amide bonds. The molecule has 1 fully saturated rings. The maximum atomic E-state index is 13.0. The van der Waals surface area contributed by atoms with Crippen LogP contribution >= 0.6 is 0 Å². The lowest BCUT2D eigenvalue weighted by Crippen LogP contribution is -2.43. The third-order valence-corrected chi connectivity index (χ3v) is 5.13. The lowest BCUT2D eigenvalue weighted by atomic mass is 9.91. The number of hydrogen-bond donors (Lipinski definition) is 1. The Morgan fingerprint density at radius 2 is 2.12 bits per heavy atom. The fraction of sp³-hybridized carbons (Fsp3) is 0.579. The topological polar surface area (TPSA) is 63.3 Å². The minimum Gasteiger partial charge on any atom is -0.464 e. The number of nitrogens with zero attached hydrogens (tertiary/aromatic N) is 3. The second-order valence-electron chi connectivity index (χ2n) is 7.08. The number of carbonyl (C=O) groups excluding carboxylic acids is 1. The molecule has 2 aromatic rings. The van der Waals surface area contributed by atoms with Gasteiger partial charge in [0.05, 0.1) is 23.1 Å². The van der Waals surface area contributed by atoms with E-state index in [1.165, 1.54) is 0 Å². The predicted octanol–water partition coefficient (Wildman–Crippen LogP) is 4.43. The van der Waals surface area contributed by atoms with Crippen LogP contribution in [-0.4, -0.2) is 27.3 Å². The van der Waals surface area contributed by atoms with Crippen LogP contribution in [0.2, 0.25) is 0 Å². The normalized spacial score (nSPS) is 20.8. The molecule has 0 bridgehead atoms. The highest BCUT2D eigenvalue weighted by Crippen LogP contribution is 2.35. The fourth-order valence-corrected chi connectivity index (χ4v) is 3.65. The number of carbonyl (C=O) groups is 1. The van der Waals surface area contributed by atoms with Crippen molar-refractivity contribution in [3.8, 4) is 0 Å². The molecule has 136 valence electrons. The molecular weight excluding hydrogens is 316 g/mol. The predicted molar refractivity (Wildman–Crippen MR) is 97.7 cm³/mol. The van der Waals surface area contributed by atoms with E-state index in [4.69, 9.17) is 4.42 Å². The Morgan fingerprint density at radius 1 is 1.36 bits per heavy atom. The molecule has 3 rings (SSSR count). The molecule has 6 nitrogen and oxygen atoms in total. The van der Waals surface area contributed by atoms with Gasteiger partial charge in [-0.25, -0.2) is 4.79 Å². The molecule has 1 N–H and O–H groups in total. The SMILES string of the molecule is CCn1nc(C)c(NC(=O)N2CC[C@H](C)C[C@H]2c2ccc(C)o2)c1C. The zero-order chi connectivity index (χ0) is 18.1. The zero-order valence-corrected chi connectivity index (χ0v) is 15.8. The number of aryl methyl sites for hydroxylation is 3. The largest absolute Gasteiger partial charge is 0.464 e. The Bertz CT molecular complexity index is 762. The molecule has 0 radical (unpaired) electrons. The summed E-state index contributed by atoms with van der Waals surface area (Å²) in [5, 5.41) is 7.57. The smallest absolute Gasteiger partial charge is 0.322 e. The van der Waals surface area contributed by atoms with Gasteiger partial charge in [0.2, 0.25) is 0 Å². The monoisotopic (exact) mass is 344 g/mol. The zero-order valence-electron chi connectivity index (χ0n) is 15.8. The van der Waals surface area contributed by atoms with Gasteiger partial charge in [0, 0.05) is 13.1 Å². The highest BCUT2D eigenvalue weighted by atomic mass is 16.3. The van der Waals surface area contributed by atoms with Crippen LogP contribution in [0.1, 0.15) is 55.6 Å². The van der Waals surface area contributed by atoms with Crippen LogP contribution in [0.15, 0.2) is 16.5 Å². The average Bonchev–Trinajstić information content (AvgIpc) is 3.12. The minimum atomic E-state index is -0.0761. The van der Waals surface area contributed by atoms with E-state index in [1.54, 1.807) is 0 Å². The number of anilines is 1. The van der Waals surface area contributed by atoms with Gasteiger partial charge in [0.25, 0.3) is 0 Å². The molecule has 1 aliphatic rings. The van der Waals surface area contributed by atoms with Gasteiger partial charge in [-0.3, -0.25) is 4.68 Å². The maximum Gasteiger partial charge on any atom is 0.322 e. The molecule has 0 aliphatic carbocycles. The summed E-state index contributed by atoms with van der Waals surface area (Å²) in [5.41, 5.74) is 2.66. The molecule has 0 unspecified atom stereocenters. The summed E-state index contributed by atoms with van der Waals surface area (Å²) in [4.78, 5) is 14.9. The summed E-state index contributed by atoms with van der Waals surface area (Å²) < 4.78 is 7.75. The Hall–Kier alpha value is -2.24. The molecule has 25 heavy (non-hydrogen) atoms. The highest BCUT2D eigenvalue weighted by Gasteiger charge is 2.33. The Morgan fingerprint density at radius 3 is 2.72 bits per heavy atom. The van der Waals surface area contributed by atoms with E-state index in [0.717, 1.165) is 54.5 Å². The van der Waals surface area contributed by atoms with Gasteiger partial charge in [0.1, 0.15) is 11.5 Å². The van der Waals surface area contributed by atoms with Crippen LogP contribution in [0.3, 0.4) is 0 Å². The number of nitrogens with one attached hydrogen (secondary N) is 1. The quantitative estimate of drug-likeness (QED) is 0.896. The van der Waals surface area contributed by atoms with E-state index in [-0.39, 0.29) is 12.1 Å². The standard InChI is InChI=1S/C19H28N4O2/c1-6-23-15(5)18(14(4)21-23)20-19(24)22-10-9-12(2)11-16(22)17-8-7-13(3)25-17/h7-8,12,16H,6,9-11H2,1-5H3,(H,20,24)/t12-,16-/m0/s1. The second kappa shape index (κ2) is 6.94. The number of likely N-dealkylation sites (tertiary alicyclic amines) is 1. The molecular formula is C19H28N4O2. The maximum absolute atomic E-state index is 13.0. The van der Waals surface area contributed by atoms with Crippen molar-refractivity contribution in [3.05, 3.63) is 35.0 Å². The second-order valence-corrected chi connectivity index (χ2v) is 7.08. The number of piperidine rings is 1. The van der Waals surface area contributed by atoms with E-state index in [0.29, 0.717) is 5.92 Å². The number of amides is 2. The first kappa shape index (κ1) is 17.6. The molecule has 1 aliphatic heterocycles. The number of urea groups is 1. The van der Waals surface area contributed by atoms with Crippen LogP contribution in [0.5, 0.6) is 0 Å². The third-order valence-electron chi connectivity index (χ3n) is 5.13. The molecule has 0 aromatic carbocycles. The summed E-state index contributed by atoms with van der Waals surface area (Å²) in [6, 6.07) is 3.86. The average molecular weight is 344 g/mol. The number of aromatic nitrogens is 2. The Balaban J connectivity index is 1.83. The van der Waals surface area contributed by atoms with Gasteiger partial charge < -0.3 is 14.6 Å². The first-order chi connectivity index (χ1) is 11.9. The van der Waals surface area contributed by atoms with Crippen molar-refractivity contribution < 1.29 is 9.21 Å². The number of hydrogen-bond acceptors (Lipinski definition) is 3. The van der Waals surface area contributed by atoms with Crippen molar-refractivity contribution in [1.29, 1.82) is 0 Å². The van der Waals surface area contributed by atoms with Crippen molar-refractivity contribution >= 4 is 11.7 Å². The molecule has 1 saturated heterocycles. The van der Waals surface area contributed by atoms with E-state index < -0.39 is 0 Å². The molecule has 0 saturated carbocycles. The lowest BCUT2D eigenvalue weighted by molar-refractivity contribution is 0.128. The highest BCUT2D eigenvalue weighted by molar-refractivity contribution is 5.91. The van der Waals surface area contributed by atoms with Crippen molar-refractivity contribution in [2.75, 3.05) is 11.9 Å². The third kappa shape index (κ3) is 3.43. The van der Waals surface area contributed by atoms with Crippen molar-refractivity contribution in [3.63, 3.8) is 0 Å². The summed E-state index contributed by atoms with van der Waals surface area (Å²) >= 11 is 0. The van der Waals surface area contributed by atoms with Crippen LogP contribution in [0, 0.1) is 26.7 Å². The van der Waals surface area contributed by atoms with Crippen LogP contribution < -0.4 is 5.32 Å². The Kier molecular flexibility index (Phi) is 4.88. The lowest BCUT2D eigenvalue weighted by Gasteiger charge is -2.37. The summed E-state index contributed by atoms with van der Waals surface area (Å²) in [6.07, 6.45) is 1.93. The van der Waals surface area contributed by atoms with Crippen molar-refractivity contribution in [2.45, 2.75) is 60.0 Å².